The SMILES string of the molecule is CN(C)C(=O)/C=C\SC1=C(C(=O)O)N2C(=O)[C@@H](NC(=O)/C(=N\OCC(=O)O)c3csc(N)n3)[C@@H]2SC1. The summed E-state index contributed by atoms with van der Waals surface area (Å²) in [5.41, 5.74) is 4.99. The molecule has 0 aliphatic carbocycles. The highest BCUT2D eigenvalue weighted by atomic mass is 32.2. The molecule has 3 rings (SSSR count). The Labute approximate surface area is 216 Å². The number of β-lactam (4-membered cyclic amide) rings is 1. The molecule has 2 aliphatic heterocycles. The first-order valence-electron chi connectivity index (χ1n) is 9.90. The van der Waals surface area contributed by atoms with Crippen molar-refractivity contribution in [2.75, 3.05) is 32.2 Å². The summed E-state index contributed by atoms with van der Waals surface area (Å²) in [4.78, 5) is 71.5. The van der Waals surface area contributed by atoms with Gasteiger partial charge in [-0.2, -0.15) is 0 Å². The number of nitrogens with one attached hydrogen (secondary N) is 1. The van der Waals surface area contributed by atoms with Crippen molar-refractivity contribution >= 4 is 75.4 Å². The van der Waals surface area contributed by atoms with Gasteiger partial charge in [-0.3, -0.25) is 19.3 Å². The maximum atomic E-state index is 12.9. The molecule has 14 nitrogen and oxygen atoms in total. The van der Waals surface area contributed by atoms with Crippen LogP contribution in [0.1, 0.15) is 5.69 Å². The summed E-state index contributed by atoms with van der Waals surface area (Å²) in [6, 6.07) is -1.07. The molecular weight excluding hydrogens is 536 g/mol. The van der Waals surface area contributed by atoms with Crippen molar-refractivity contribution in [3.05, 3.63) is 33.2 Å². The van der Waals surface area contributed by atoms with Gasteiger partial charge in [0.25, 0.3) is 11.8 Å². The lowest BCUT2D eigenvalue weighted by Crippen LogP contribution is -2.71. The molecule has 1 aromatic heterocycles. The van der Waals surface area contributed by atoms with Crippen LogP contribution in [0.3, 0.4) is 0 Å². The number of thioether (sulfide) groups is 2. The number of hydrogen-bond donors (Lipinski definition) is 4. The number of aromatic nitrogens is 1. The molecular formula is C19H20N6O8S3. The number of nitrogen functional groups attached to an aromatic ring is 1. The fourth-order valence-electron chi connectivity index (χ4n) is 2.97. The number of likely N-dealkylation sites (N-methyl/N-ethyl adjacent to an activating group) is 1. The number of hydrogen-bond acceptors (Lipinski definition) is 12. The summed E-state index contributed by atoms with van der Waals surface area (Å²) < 4.78 is 0. The van der Waals surface area contributed by atoms with Crippen LogP contribution in [0.4, 0.5) is 5.13 Å². The molecule has 5 N–H and O–H groups in total. The number of nitrogens with zero attached hydrogens (tertiary/aromatic N) is 4. The van der Waals surface area contributed by atoms with E-state index in [2.05, 4.69) is 20.3 Å². The Kier molecular flexibility index (Phi) is 8.59. The average molecular weight is 557 g/mol. The number of aliphatic carboxylic acids is 2. The highest BCUT2D eigenvalue weighted by Crippen LogP contribution is 2.43. The van der Waals surface area contributed by atoms with Crippen molar-refractivity contribution in [1.29, 1.82) is 0 Å². The number of amides is 3. The summed E-state index contributed by atoms with van der Waals surface area (Å²) in [6.45, 7) is -0.813. The van der Waals surface area contributed by atoms with Crippen LogP contribution in [0.2, 0.25) is 0 Å². The summed E-state index contributed by atoms with van der Waals surface area (Å²) >= 11 is 3.26. The largest absolute Gasteiger partial charge is 0.479 e. The Bertz CT molecular complexity index is 1190. The number of carboxylic acids is 2. The average Bonchev–Trinajstić information content (AvgIpc) is 3.24. The molecule has 0 saturated carbocycles. The van der Waals surface area contributed by atoms with Crippen molar-refractivity contribution in [3.8, 4) is 0 Å². The van der Waals surface area contributed by atoms with E-state index in [1.807, 2.05) is 0 Å². The van der Waals surface area contributed by atoms with Crippen molar-refractivity contribution in [1.82, 2.24) is 20.1 Å². The van der Waals surface area contributed by atoms with Gasteiger partial charge in [0, 0.05) is 36.2 Å². The first-order chi connectivity index (χ1) is 17.0. The number of carbonyl (C=O) groups is 5. The van der Waals surface area contributed by atoms with E-state index in [0.29, 0.717) is 4.91 Å². The van der Waals surface area contributed by atoms with Crippen molar-refractivity contribution < 1.29 is 39.0 Å². The van der Waals surface area contributed by atoms with Crippen LogP contribution >= 0.6 is 34.9 Å². The maximum Gasteiger partial charge on any atom is 0.353 e. The number of thiazole rings is 1. The smallest absolute Gasteiger partial charge is 0.353 e. The number of anilines is 1. The number of carboxylic acid groups (broad SMARTS) is 2. The standard InChI is InChI=1S/C19H20N6O8S3/c1-24(2)10(26)3-4-34-9-7-35-17-13(16(30)25(17)14(9)18(31)32)22-15(29)12(23-33-5-11(27)28)8-6-36-19(20)21-8/h3-4,6,13,17H,5,7H2,1-2H3,(H2,20,21)(H,22,29)(H,27,28)(H,31,32)/b4-3-,23-12-/t13-,17+/m1/s1. The van der Waals surface area contributed by atoms with E-state index in [-0.39, 0.29) is 28.2 Å². The molecule has 192 valence electrons. The maximum absolute atomic E-state index is 12.9. The third kappa shape index (κ3) is 5.97. The topological polar surface area (TPSA) is 205 Å². The Balaban J connectivity index is 1.76. The zero-order chi connectivity index (χ0) is 26.6. The summed E-state index contributed by atoms with van der Waals surface area (Å²) in [5, 5.41) is 26.8. The lowest BCUT2D eigenvalue weighted by Gasteiger charge is -2.49. The van der Waals surface area contributed by atoms with Crippen LogP contribution in [-0.2, 0) is 28.8 Å². The molecule has 0 aromatic carbocycles. The van der Waals surface area contributed by atoms with E-state index in [1.54, 1.807) is 14.1 Å². The normalized spacial score (nSPS) is 19.6. The minimum absolute atomic E-state index is 0.0178. The Morgan fingerprint density at radius 1 is 1.39 bits per heavy atom. The molecule has 0 radical (unpaired) electrons. The molecule has 17 heteroatoms. The minimum atomic E-state index is -1.32. The molecule has 0 unspecified atom stereocenters. The van der Waals surface area contributed by atoms with E-state index < -0.39 is 47.5 Å². The second-order valence-electron chi connectivity index (χ2n) is 7.27. The zero-order valence-electron chi connectivity index (χ0n) is 18.7. The zero-order valence-corrected chi connectivity index (χ0v) is 21.2. The van der Waals surface area contributed by atoms with Crippen LogP contribution in [0.15, 0.2) is 32.6 Å². The van der Waals surface area contributed by atoms with Gasteiger partial charge in [-0.1, -0.05) is 16.9 Å². The Morgan fingerprint density at radius 2 is 2.11 bits per heavy atom. The molecule has 2 atom stereocenters. The summed E-state index contributed by atoms with van der Waals surface area (Å²) in [7, 11) is 3.15. The van der Waals surface area contributed by atoms with Gasteiger partial charge in [-0.05, 0) is 5.41 Å². The Morgan fingerprint density at radius 3 is 2.69 bits per heavy atom. The minimum Gasteiger partial charge on any atom is -0.479 e. The van der Waals surface area contributed by atoms with E-state index >= 15 is 0 Å². The van der Waals surface area contributed by atoms with Gasteiger partial charge in [0.2, 0.25) is 12.5 Å². The highest BCUT2D eigenvalue weighted by molar-refractivity contribution is 8.08. The lowest BCUT2D eigenvalue weighted by atomic mass is 10.0. The third-order valence-corrected chi connectivity index (χ3v) is 7.64. The number of carbonyl (C=O) groups excluding carboxylic acids is 3. The monoisotopic (exact) mass is 556 g/mol. The van der Waals surface area contributed by atoms with E-state index in [0.717, 1.165) is 28.0 Å². The van der Waals surface area contributed by atoms with Gasteiger partial charge in [0.05, 0.1) is 0 Å². The van der Waals surface area contributed by atoms with Gasteiger partial charge >= 0.3 is 11.9 Å². The summed E-state index contributed by atoms with van der Waals surface area (Å²) in [5.74, 6) is -4.24. The molecule has 1 fully saturated rings. The van der Waals surface area contributed by atoms with Crippen molar-refractivity contribution in [3.63, 3.8) is 0 Å². The molecule has 36 heavy (non-hydrogen) atoms. The molecule has 3 heterocycles. The molecule has 0 spiro atoms. The molecule has 2 aliphatic rings. The first-order valence-corrected chi connectivity index (χ1v) is 12.7. The van der Waals surface area contributed by atoms with Gasteiger partial charge < -0.3 is 31.0 Å². The fraction of sp³-hybridized carbons (Fsp3) is 0.316. The van der Waals surface area contributed by atoms with Crippen molar-refractivity contribution in [2.45, 2.75) is 11.4 Å². The molecule has 1 aromatic rings. The van der Waals surface area contributed by atoms with Gasteiger partial charge in [0.15, 0.2) is 10.8 Å². The quantitative estimate of drug-likeness (QED) is 0.125. The number of nitrogens with two attached hydrogens (primary N) is 1. The van der Waals surface area contributed by atoms with Crippen LogP contribution < -0.4 is 11.1 Å². The molecule has 1 saturated heterocycles. The number of oxime groups is 1. The van der Waals surface area contributed by atoms with E-state index in [1.165, 1.54) is 33.5 Å². The van der Waals surface area contributed by atoms with Gasteiger partial charge in [0.1, 0.15) is 22.8 Å². The van der Waals surface area contributed by atoms with Gasteiger partial charge in [-0.25, -0.2) is 14.6 Å². The molecule has 3 amide bonds. The lowest BCUT2D eigenvalue weighted by molar-refractivity contribution is -0.150. The first kappa shape index (κ1) is 27.0. The van der Waals surface area contributed by atoms with Gasteiger partial charge in [-0.15, -0.1) is 23.1 Å². The Hall–Kier alpha value is -3.57. The number of fused-ring (bicyclic) bond motifs is 1. The van der Waals surface area contributed by atoms with E-state index in [4.69, 9.17) is 10.8 Å². The number of rotatable bonds is 10. The predicted octanol–water partition coefficient (Wildman–Crippen LogP) is -0.438. The second kappa shape index (κ2) is 11.4. The third-order valence-electron chi connectivity index (χ3n) is 4.61. The highest BCUT2D eigenvalue weighted by Gasteiger charge is 2.54. The van der Waals surface area contributed by atoms with Crippen LogP contribution in [-0.4, -0.2) is 98.2 Å². The van der Waals surface area contributed by atoms with Crippen LogP contribution in [0.25, 0.3) is 0 Å². The van der Waals surface area contributed by atoms with Crippen LogP contribution in [0, 0.1) is 0 Å². The molecule has 0 bridgehead atoms. The second-order valence-corrected chi connectivity index (χ2v) is 10.3. The predicted molar refractivity (Wildman–Crippen MR) is 132 cm³/mol. The fourth-order valence-corrected chi connectivity index (χ4v) is 5.83. The van der Waals surface area contributed by atoms with Crippen LogP contribution in [0.5, 0.6) is 0 Å². The van der Waals surface area contributed by atoms with Crippen molar-refractivity contribution in [2.24, 2.45) is 5.16 Å². The van der Waals surface area contributed by atoms with E-state index in [9.17, 15) is 29.1 Å². The summed E-state index contributed by atoms with van der Waals surface area (Å²) in [6.07, 6.45) is 1.29.